The SMILES string of the molecule is CCC(C)c1nc2cc(C(=O)O)ccc2o1. The number of carboxylic acids is 1. The number of aromatic nitrogens is 1. The second-order valence-corrected chi connectivity index (χ2v) is 3.85. The van der Waals surface area contributed by atoms with Crippen LogP contribution in [-0.4, -0.2) is 16.1 Å². The lowest BCUT2D eigenvalue weighted by Crippen LogP contribution is -1.94. The van der Waals surface area contributed by atoms with Gasteiger partial charge in [0.25, 0.3) is 0 Å². The lowest BCUT2D eigenvalue weighted by Gasteiger charge is -1.99. The van der Waals surface area contributed by atoms with Crippen molar-refractivity contribution in [3.8, 4) is 0 Å². The molecule has 0 saturated heterocycles. The molecule has 1 heterocycles. The summed E-state index contributed by atoms with van der Waals surface area (Å²) in [6, 6.07) is 4.71. The number of aromatic carboxylic acids is 1. The maximum absolute atomic E-state index is 10.8. The van der Waals surface area contributed by atoms with Gasteiger partial charge in [0.1, 0.15) is 5.52 Å². The van der Waals surface area contributed by atoms with E-state index in [0.29, 0.717) is 17.0 Å². The van der Waals surface area contributed by atoms with Gasteiger partial charge in [0.05, 0.1) is 5.56 Å². The van der Waals surface area contributed by atoms with Crippen LogP contribution in [0.5, 0.6) is 0 Å². The van der Waals surface area contributed by atoms with Crippen LogP contribution in [-0.2, 0) is 0 Å². The number of carbonyl (C=O) groups is 1. The second kappa shape index (κ2) is 3.96. The van der Waals surface area contributed by atoms with Crippen molar-refractivity contribution < 1.29 is 14.3 Å². The Labute approximate surface area is 92.9 Å². The average molecular weight is 219 g/mol. The minimum Gasteiger partial charge on any atom is -0.478 e. The first-order valence-electron chi connectivity index (χ1n) is 5.25. The highest BCUT2D eigenvalue weighted by Gasteiger charge is 2.13. The third-order valence-electron chi connectivity index (χ3n) is 2.69. The Bertz CT molecular complexity index is 530. The van der Waals surface area contributed by atoms with E-state index in [1.807, 2.05) is 6.92 Å². The molecule has 0 radical (unpaired) electrons. The zero-order chi connectivity index (χ0) is 11.7. The van der Waals surface area contributed by atoms with Gasteiger partial charge in [-0.25, -0.2) is 9.78 Å². The van der Waals surface area contributed by atoms with E-state index < -0.39 is 5.97 Å². The molecule has 0 aliphatic rings. The highest BCUT2D eigenvalue weighted by molar-refractivity contribution is 5.91. The van der Waals surface area contributed by atoms with Crippen LogP contribution in [0.15, 0.2) is 22.6 Å². The molecule has 4 heteroatoms. The number of carboxylic acid groups (broad SMARTS) is 1. The lowest BCUT2D eigenvalue weighted by molar-refractivity contribution is 0.0697. The third kappa shape index (κ3) is 1.78. The van der Waals surface area contributed by atoms with Crippen LogP contribution in [0.2, 0.25) is 0 Å². The number of hydrogen-bond acceptors (Lipinski definition) is 3. The van der Waals surface area contributed by atoms with E-state index in [9.17, 15) is 4.79 Å². The normalized spacial score (nSPS) is 12.9. The Kier molecular flexibility index (Phi) is 2.64. The summed E-state index contributed by atoms with van der Waals surface area (Å²) < 4.78 is 5.55. The van der Waals surface area contributed by atoms with E-state index in [1.165, 1.54) is 12.1 Å². The Morgan fingerprint density at radius 2 is 2.31 bits per heavy atom. The van der Waals surface area contributed by atoms with Gasteiger partial charge in [0.15, 0.2) is 11.5 Å². The van der Waals surface area contributed by atoms with Crippen molar-refractivity contribution in [2.24, 2.45) is 0 Å². The van der Waals surface area contributed by atoms with Crippen LogP contribution >= 0.6 is 0 Å². The molecule has 0 bridgehead atoms. The molecule has 1 aromatic heterocycles. The quantitative estimate of drug-likeness (QED) is 0.861. The van der Waals surface area contributed by atoms with Crippen molar-refractivity contribution in [2.45, 2.75) is 26.2 Å². The molecule has 16 heavy (non-hydrogen) atoms. The standard InChI is InChI=1S/C12H13NO3/c1-3-7(2)11-13-9-6-8(12(14)15)4-5-10(9)16-11/h4-7H,3H2,1-2H3,(H,14,15). The molecule has 0 fully saturated rings. The average Bonchev–Trinajstić information content (AvgIpc) is 2.70. The molecule has 4 nitrogen and oxygen atoms in total. The minimum atomic E-state index is -0.949. The molecule has 0 amide bonds. The fourth-order valence-corrected chi connectivity index (χ4v) is 1.46. The number of rotatable bonds is 3. The van der Waals surface area contributed by atoms with Crippen LogP contribution in [0.1, 0.15) is 42.4 Å². The van der Waals surface area contributed by atoms with Crippen molar-refractivity contribution in [1.29, 1.82) is 0 Å². The minimum absolute atomic E-state index is 0.233. The molecule has 1 atom stereocenters. The predicted octanol–water partition coefficient (Wildman–Crippen LogP) is 3.04. The first-order valence-corrected chi connectivity index (χ1v) is 5.25. The lowest BCUT2D eigenvalue weighted by atomic mass is 10.1. The molecular weight excluding hydrogens is 206 g/mol. The first kappa shape index (κ1) is 10.7. The summed E-state index contributed by atoms with van der Waals surface area (Å²) >= 11 is 0. The van der Waals surface area contributed by atoms with E-state index in [2.05, 4.69) is 11.9 Å². The molecule has 84 valence electrons. The smallest absolute Gasteiger partial charge is 0.335 e. The molecule has 0 spiro atoms. The van der Waals surface area contributed by atoms with Gasteiger partial charge < -0.3 is 9.52 Å². The topological polar surface area (TPSA) is 63.3 Å². The van der Waals surface area contributed by atoms with Crippen molar-refractivity contribution in [3.05, 3.63) is 29.7 Å². The molecular formula is C12H13NO3. The highest BCUT2D eigenvalue weighted by Crippen LogP contribution is 2.23. The summed E-state index contributed by atoms with van der Waals surface area (Å²) in [6.45, 7) is 4.09. The monoisotopic (exact) mass is 219 g/mol. The van der Waals surface area contributed by atoms with E-state index in [4.69, 9.17) is 9.52 Å². The molecule has 0 saturated carbocycles. The second-order valence-electron chi connectivity index (χ2n) is 3.85. The van der Waals surface area contributed by atoms with Gasteiger partial charge in [-0.2, -0.15) is 0 Å². The molecule has 1 N–H and O–H groups in total. The van der Waals surface area contributed by atoms with E-state index in [0.717, 1.165) is 6.42 Å². The summed E-state index contributed by atoms with van der Waals surface area (Å²) in [5.74, 6) is -0.0318. The number of nitrogens with zero attached hydrogens (tertiary/aromatic N) is 1. The summed E-state index contributed by atoms with van der Waals surface area (Å²) in [5, 5.41) is 8.85. The highest BCUT2D eigenvalue weighted by atomic mass is 16.4. The van der Waals surface area contributed by atoms with Crippen LogP contribution in [0.25, 0.3) is 11.1 Å². The van der Waals surface area contributed by atoms with E-state index in [-0.39, 0.29) is 11.5 Å². The van der Waals surface area contributed by atoms with Crippen molar-refractivity contribution in [2.75, 3.05) is 0 Å². The Morgan fingerprint density at radius 3 is 2.94 bits per heavy atom. The molecule has 0 aliphatic heterocycles. The molecule has 2 aromatic rings. The van der Waals surface area contributed by atoms with Gasteiger partial charge in [-0.05, 0) is 24.6 Å². The number of benzene rings is 1. The maximum atomic E-state index is 10.8. The van der Waals surface area contributed by atoms with Gasteiger partial charge in [-0.3, -0.25) is 0 Å². The van der Waals surface area contributed by atoms with Gasteiger partial charge in [0.2, 0.25) is 0 Å². The van der Waals surface area contributed by atoms with Crippen molar-refractivity contribution >= 4 is 17.1 Å². The molecule has 1 unspecified atom stereocenters. The molecule has 0 aliphatic carbocycles. The zero-order valence-electron chi connectivity index (χ0n) is 9.23. The molecule has 2 rings (SSSR count). The zero-order valence-corrected chi connectivity index (χ0v) is 9.23. The maximum Gasteiger partial charge on any atom is 0.335 e. The van der Waals surface area contributed by atoms with Crippen molar-refractivity contribution in [1.82, 2.24) is 4.98 Å². The fraction of sp³-hybridized carbons (Fsp3) is 0.333. The third-order valence-corrected chi connectivity index (χ3v) is 2.69. The number of oxazole rings is 1. The molecule has 1 aromatic carbocycles. The summed E-state index contributed by atoms with van der Waals surface area (Å²) in [5.41, 5.74) is 1.48. The van der Waals surface area contributed by atoms with Gasteiger partial charge >= 0.3 is 5.97 Å². The van der Waals surface area contributed by atoms with Gasteiger partial charge in [-0.15, -0.1) is 0 Å². The van der Waals surface area contributed by atoms with Crippen LogP contribution in [0, 0.1) is 0 Å². The first-order chi connectivity index (χ1) is 7.61. The largest absolute Gasteiger partial charge is 0.478 e. The Balaban J connectivity index is 2.49. The number of hydrogen-bond donors (Lipinski definition) is 1. The summed E-state index contributed by atoms with van der Waals surface area (Å²) in [6.07, 6.45) is 0.943. The summed E-state index contributed by atoms with van der Waals surface area (Å²) in [7, 11) is 0. The van der Waals surface area contributed by atoms with E-state index in [1.54, 1.807) is 6.07 Å². The van der Waals surface area contributed by atoms with Crippen molar-refractivity contribution in [3.63, 3.8) is 0 Å². The van der Waals surface area contributed by atoms with Crippen LogP contribution in [0.3, 0.4) is 0 Å². The van der Waals surface area contributed by atoms with Crippen LogP contribution in [0.4, 0.5) is 0 Å². The van der Waals surface area contributed by atoms with Gasteiger partial charge in [0, 0.05) is 5.92 Å². The Morgan fingerprint density at radius 1 is 1.56 bits per heavy atom. The predicted molar refractivity (Wildman–Crippen MR) is 59.7 cm³/mol. The fourth-order valence-electron chi connectivity index (χ4n) is 1.46. The van der Waals surface area contributed by atoms with Crippen LogP contribution < -0.4 is 0 Å². The Hall–Kier alpha value is -1.84. The number of fused-ring (bicyclic) bond motifs is 1. The summed E-state index contributed by atoms with van der Waals surface area (Å²) in [4.78, 5) is 15.1. The van der Waals surface area contributed by atoms with Gasteiger partial charge in [-0.1, -0.05) is 13.8 Å². The van der Waals surface area contributed by atoms with E-state index >= 15 is 0 Å².